The molecule has 0 N–H and O–H groups in total. The zero-order valence-electron chi connectivity index (χ0n) is 15.0. The van der Waals surface area contributed by atoms with E-state index in [1.54, 1.807) is 4.57 Å². The van der Waals surface area contributed by atoms with Crippen molar-refractivity contribution in [1.82, 2.24) is 4.57 Å². The molecule has 0 aliphatic carbocycles. The van der Waals surface area contributed by atoms with Crippen LogP contribution >= 0.6 is 11.3 Å². The highest BCUT2D eigenvalue weighted by atomic mass is 32.1. The lowest BCUT2D eigenvalue weighted by atomic mass is 10.0. The number of nitrogens with zero attached hydrogens (tertiary/aromatic N) is 2. The van der Waals surface area contributed by atoms with Gasteiger partial charge in [-0.15, -0.1) is 0 Å². The Kier molecular flexibility index (Phi) is 5.32. The third-order valence-corrected chi connectivity index (χ3v) is 5.22. The van der Waals surface area contributed by atoms with Crippen LogP contribution < -0.4 is 4.80 Å². The van der Waals surface area contributed by atoms with Crippen molar-refractivity contribution < 1.29 is 14.3 Å². The van der Waals surface area contributed by atoms with Crippen LogP contribution in [-0.2, 0) is 27.3 Å². The average Bonchev–Trinajstić information content (AvgIpc) is 2.94. The van der Waals surface area contributed by atoms with E-state index >= 15 is 0 Å². The molecule has 0 aliphatic heterocycles. The van der Waals surface area contributed by atoms with Crippen molar-refractivity contribution >= 4 is 33.4 Å². The number of hydrogen-bond donors (Lipinski definition) is 0. The molecule has 5 nitrogen and oxygen atoms in total. The van der Waals surface area contributed by atoms with Crippen molar-refractivity contribution in [2.75, 3.05) is 7.11 Å². The first-order chi connectivity index (χ1) is 12.5. The van der Waals surface area contributed by atoms with E-state index in [0.717, 1.165) is 26.9 Å². The highest BCUT2D eigenvalue weighted by Gasteiger charge is 2.12. The van der Waals surface area contributed by atoms with Crippen LogP contribution in [0.2, 0.25) is 0 Å². The van der Waals surface area contributed by atoms with E-state index in [1.807, 2.05) is 50.2 Å². The van der Waals surface area contributed by atoms with Gasteiger partial charge in [-0.25, -0.2) is 0 Å². The minimum Gasteiger partial charge on any atom is -0.468 e. The number of para-hydroxylation sites is 1. The predicted molar refractivity (Wildman–Crippen MR) is 102 cm³/mol. The summed E-state index contributed by atoms with van der Waals surface area (Å²) < 4.78 is 7.47. The number of esters is 1. The number of aryl methyl sites for hydroxylation is 2. The zero-order chi connectivity index (χ0) is 18.7. The number of methoxy groups -OCH3 is 1. The SMILES string of the molecule is COC(=O)Cn1c(=NC(=O)Cc2ccc(C)cc2C)sc2ccccc21. The number of aromatic nitrogens is 1. The molecule has 0 spiro atoms. The Bertz CT molecular complexity index is 1050. The van der Waals surface area contributed by atoms with Crippen LogP contribution in [0.1, 0.15) is 16.7 Å². The van der Waals surface area contributed by atoms with Crippen LogP contribution in [0.4, 0.5) is 0 Å². The molecule has 0 atom stereocenters. The lowest BCUT2D eigenvalue weighted by Gasteiger charge is -2.05. The smallest absolute Gasteiger partial charge is 0.325 e. The molecule has 0 saturated carbocycles. The first kappa shape index (κ1) is 18.1. The molecule has 0 radical (unpaired) electrons. The summed E-state index contributed by atoms with van der Waals surface area (Å²) in [5, 5.41) is 0. The van der Waals surface area contributed by atoms with Crippen LogP contribution in [0.15, 0.2) is 47.5 Å². The van der Waals surface area contributed by atoms with Crippen LogP contribution in [0.3, 0.4) is 0 Å². The van der Waals surface area contributed by atoms with Crippen molar-refractivity contribution in [1.29, 1.82) is 0 Å². The molecule has 0 fully saturated rings. The quantitative estimate of drug-likeness (QED) is 0.665. The van der Waals surface area contributed by atoms with Gasteiger partial charge in [-0.3, -0.25) is 9.59 Å². The van der Waals surface area contributed by atoms with Crippen molar-refractivity contribution in [3.05, 3.63) is 64.0 Å². The minimum absolute atomic E-state index is 0.0240. The van der Waals surface area contributed by atoms with E-state index in [1.165, 1.54) is 18.4 Å². The summed E-state index contributed by atoms with van der Waals surface area (Å²) in [5.74, 6) is -0.612. The molecule has 0 unspecified atom stereocenters. The second-order valence-electron chi connectivity index (χ2n) is 6.13. The number of benzene rings is 2. The molecular formula is C20H20N2O3S. The van der Waals surface area contributed by atoms with Crippen molar-refractivity contribution in [3.8, 4) is 0 Å². The van der Waals surface area contributed by atoms with Crippen molar-refractivity contribution in [2.45, 2.75) is 26.8 Å². The number of rotatable bonds is 4. The topological polar surface area (TPSA) is 60.7 Å². The van der Waals surface area contributed by atoms with Crippen LogP contribution in [-0.4, -0.2) is 23.6 Å². The third-order valence-electron chi connectivity index (χ3n) is 4.16. The van der Waals surface area contributed by atoms with Gasteiger partial charge in [-0.2, -0.15) is 4.99 Å². The van der Waals surface area contributed by atoms with Gasteiger partial charge in [-0.05, 0) is 37.1 Å². The van der Waals surface area contributed by atoms with E-state index < -0.39 is 0 Å². The van der Waals surface area contributed by atoms with Gasteiger partial charge in [-0.1, -0.05) is 47.2 Å². The van der Waals surface area contributed by atoms with E-state index in [2.05, 4.69) is 11.1 Å². The fourth-order valence-corrected chi connectivity index (χ4v) is 3.85. The number of thiazole rings is 1. The molecule has 3 rings (SSSR count). The zero-order valence-corrected chi connectivity index (χ0v) is 15.8. The third kappa shape index (κ3) is 3.91. The fraction of sp³-hybridized carbons (Fsp3) is 0.250. The average molecular weight is 368 g/mol. The number of amides is 1. The van der Waals surface area contributed by atoms with Gasteiger partial charge >= 0.3 is 5.97 Å². The maximum atomic E-state index is 12.5. The molecule has 0 aliphatic rings. The first-order valence-electron chi connectivity index (χ1n) is 8.27. The standard InChI is InChI=1S/C20H20N2O3S/c1-13-8-9-15(14(2)10-13)11-18(23)21-20-22(12-19(24)25-3)16-6-4-5-7-17(16)26-20/h4-10H,11-12H2,1-3H3. The summed E-state index contributed by atoms with van der Waals surface area (Å²) in [6.07, 6.45) is 0.235. The van der Waals surface area contributed by atoms with Crippen LogP contribution in [0.5, 0.6) is 0 Å². The van der Waals surface area contributed by atoms with E-state index in [9.17, 15) is 9.59 Å². The van der Waals surface area contributed by atoms with Crippen LogP contribution in [0.25, 0.3) is 10.2 Å². The number of carbonyl (C=O) groups is 2. The molecular weight excluding hydrogens is 348 g/mol. The molecule has 134 valence electrons. The maximum absolute atomic E-state index is 12.5. The Hall–Kier alpha value is -2.73. The summed E-state index contributed by atoms with van der Waals surface area (Å²) in [6, 6.07) is 13.7. The lowest BCUT2D eigenvalue weighted by Crippen LogP contribution is -2.22. The molecule has 1 amide bonds. The van der Waals surface area contributed by atoms with Gasteiger partial charge in [0.25, 0.3) is 5.91 Å². The summed E-state index contributed by atoms with van der Waals surface area (Å²) in [4.78, 5) is 29.1. The molecule has 1 aromatic heterocycles. The molecule has 6 heteroatoms. The Morgan fingerprint density at radius 2 is 1.92 bits per heavy atom. The maximum Gasteiger partial charge on any atom is 0.325 e. The van der Waals surface area contributed by atoms with E-state index in [-0.39, 0.29) is 24.8 Å². The Labute approximate surface area is 155 Å². The Balaban J connectivity index is 1.98. The second kappa shape index (κ2) is 7.66. The number of hydrogen-bond acceptors (Lipinski definition) is 4. The summed E-state index contributed by atoms with van der Waals surface area (Å²) in [5.41, 5.74) is 4.06. The lowest BCUT2D eigenvalue weighted by molar-refractivity contribution is -0.141. The van der Waals surface area contributed by atoms with E-state index in [0.29, 0.717) is 4.80 Å². The Morgan fingerprint density at radius 3 is 2.65 bits per heavy atom. The second-order valence-corrected chi connectivity index (χ2v) is 7.14. The summed E-state index contributed by atoms with van der Waals surface area (Å²) >= 11 is 1.39. The molecule has 0 saturated heterocycles. The largest absolute Gasteiger partial charge is 0.468 e. The van der Waals surface area contributed by atoms with Crippen molar-refractivity contribution in [2.24, 2.45) is 4.99 Å². The van der Waals surface area contributed by atoms with Crippen LogP contribution in [0, 0.1) is 13.8 Å². The predicted octanol–water partition coefficient (Wildman–Crippen LogP) is 3.16. The van der Waals surface area contributed by atoms with Gasteiger partial charge < -0.3 is 9.30 Å². The Morgan fingerprint density at radius 1 is 1.15 bits per heavy atom. The monoisotopic (exact) mass is 368 g/mol. The highest BCUT2D eigenvalue weighted by Crippen LogP contribution is 2.17. The van der Waals surface area contributed by atoms with Crippen molar-refractivity contribution in [3.63, 3.8) is 0 Å². The summed E-state index contributed by atoms with van der Waals surface area (Å²) in [6.45, 7) is 4.04. The number of fused-ring (bicyclic) bond motifs is 1. The molecule has 1 heterocycles. The first-order valence-corrected chi connectivity index (χ1v) is 9.08. The van der Waals surface area contributed by atoms with Gasteiger partial charge in [0.05, 0.1) is 23.7 Å². The number of ether oxygens (including phenoxy) is 1. The molecule has 2 aromatic carbocycles. The minimum atomic E-state index is -0.378. The number of carbonyl (C=O) groups excluding carboxylic acids is 2. The fourth-order valence-electron chi connectivity index (χ4n) is 2.81. The van der Waals surface area contributed by atoms with Gasteiger partial charge in [0.2, 0.25) is 0 Å². The highest BCUT2D eigenvalue weighted by molar-refractivity contribution is 7.16. The van der Waals surface area contributed by atoms with Gasteiger partial charge in [0, 0.05) is 0 Å². The normalized spacial score (nSPS) is 11.7. The van der Waals surface area contributed by atoms with E-state index in [4.69, 9.17) is 4.74 Å². The molecule has 26 heavy (non-hydrogen) atoms. The molecule has 0 bridgehead atoms. The summed E-state index contributed by atoms with van der Waals surface area (Å²) in [7, 11) is 1.35. The van der Waals surface area contributed by atoms with Gasteiger partial charge in [0.1, 0.15) is 6.54 Å². The molecule has 3 aromatic rings. The van der Waals surface area contributed by atoms with Gasteiger partial charge in [0.15, 0.2) is 4.80 Å².